The number of hydrogen-bond donors (Lipinski definition) is 2. The number of aromatic amines is 1. The zero-order chi connectivity index (χ0) is 17.6. The topological polar surface area (TPSA) is 54.9 Å². The van der Waals surface area contributed by atoms with E-state index in [2.05, 4.69) is 15.6 Å². The lowest BCUT2D eigenvalue weighted by atomic mass is 10.2. The number of benzene rings is 2. The highest BCUT2D eigenvalue weighted by atomic mass is 35.5. The molecule has 0 saturated heterocycles. The van der Waals surface area contributed by atoms with Gasteiger partial charge in [-0.25, -0.2) is 4.68 Å². The molecule has 3 aromatic rings. The Morgan fingerprint density at radius 3 is 2.88 bits per heavy atom. The Morgan fingerprint density at radius 2 is 2.08 bits per heavy atom. The molecule has 0 bridgehead atoms. The van der Waals surface area contributed by atoms with E-state index in [0.717, 1.165) is 29.1 Å². The van der Waals surface area contributed by atoms with Crippen molar-refractivity contribution in [1.82, 2.24) is 14.9 Å². The number of nitrogens with zero attached hydrogens (tertiary/aromatic N) is 2. The molecule has 1 aromatic heterocycles. The van der Waals surface area contributed by atoms with Crippen molar-refractivity contribution < 1.29 is 4.74 Å². The minimum Gasteiger partial charge on any atom is -0.489 e. The van der Waals surface area contributed by atoms with E-state index < -0.39 is 0 Å². The lowest BCUT2D eigenvalue weighted by Crippen LogP contribution is -2.17. The average Bonchev–Trinajstić information content (AvgIpc) is 2.99. The van der Waals surface area contributed by atoms with E-state index in [9.17, 15) is 0 Å². The molecule has 0 aliphatic heterocycles. The van der Waals surface area contributed by atoms with Gasteiger partial charge in [0.2, 0.25) is 4.77 Å². The molecule has 0 spiro atoms. The van der Waals surface area contributed by atoms with Crippen LogP contribution in [-0.4, -0.2) is 14.9 Å². The molecule has 0 aliphatic rings. The third-order valence-corrected chi connectivity index (χ3v) is 4.25. The van der Waals surface area contributed by atoms with Gasteiger partial charge < -0.3 is 10.2 Å². The van der Waals surface area contributed by atoms with Crippen molar-refractivity contribution >= 4 is 23.8 Å². The predicted octanol–water partition coefficient (Wildman–Crippen LogP) is 4.48. The molecular weight excluding hydrogens is 356 g/mol. The SMILES string of the molecule is CCc1n[nH]c(=S)n1NCc1ccccc1OCc1cccc(Cl)c1. The summed E-state index contributed by atoms with van der Waals surface area (Å²) in [7, 11) is 0. The Hall–Kier alpha value is -2.31. The van der Waals surface area contributed by atoms with Crippen LogP contribution < -0.4 is 10.2 Å². The summed E-state index contributed by atoms with van der Waals surface area (Å²) < 4.78 is 8.32. The number of rotatable bonds is 7. The highest BCUT2D eigenvalue weighted by Gasteiger charge is 2.07. The molecule has 130 valence electrons. The Balaban J connectivity index is 1.70. The van der Waals surface area contributed by atoms with Gasteiger partial charge in [0, 0.05) is 17.0 Å². The van der Waals surface area contributed by atoms with Crippen LogP contribution >= 0.6 is 23.8 Å². The van der Waals surface area contributed by atoms with Gasteiger partial charge in [-0.15, -0.1) is 0 Å². The van der Waals surface area contributed by atoms with Crippen LogP contribution in [0, 0.1) is 4.77 Å². The fraction of sp³-hybridized carbons (Fsp3) is 0.222. The summed E-state index contributed by atoms with van der Waals surface area (Å²) in [4.78, 5) is 0. The Kier molecular flexibility index (Phi) is 5.73. The van der Waals surface area contributed by atoms with E-state index in [0.29, 0.717) is 22.9 Å². The van der Waals surface area contributed by atoms with Gasteiger partial charge >= 0.3 is 0 Å². The minimum absolute atomic E-state index is 0.461. The Labute approximate surface area is 156 Å². The molecule has 0 radical (unpaired) electrons. The summed E-state index contributed by atoms with van der Waals surface area (Å²) in [5.74, 6) is 1.69. The second-order valence-corrected chi connectivity index (χ2v) is 6.32. The van der Waals surface area contributed by atoms with E-state index in [-0.39, 0.29) is 0 Å². The van der Waals surface area contributed by atoms with Crippen molar-refractivity contribution in [3.63, 3.8) is 0 Å². The standard InChI is InChI=1S/C18H19ClN4OS/c1-2-17-21-22-18(25)23(17)20-11-14-7-3-4-9-16(14)24-12-13-6-5-8-15(19)10-13/h3-10,20H,2,11-12H2,1H3,(H,22,25). The van der Waals surface area contributed by atoms with Crippen molar-refractivity contribution in [2.45, 2.75) is 26.5 Å². The number of aryl methyl sites for hydroxylation is 1. The Bertz CT molecular complexity index is 906. The number of ether oxygens (including phenoxy) is 1. The first-order valence-electron chi connectivity index (χ1n) is 8.02. The molecule has 7 heteroatoms. The van der Waals surface area contributed by atoms with Crippen LogP contribution in [0.2, 0.25) is 5.02 Å². The number of halogens is 1. The van der Waals surface area contributed by atoms with Crippen molar-refractivity contribution in [3.05, 3.63) is 75.3 Å². The van der Waals surface area contributed by atoms with Gasteiger partial charge in [-0.2, -0.15) is 5.10 Å². The number of aromatic nitrogens is 3. The number of nitrogens with one attached hydrogen (secondary N) is 2. The molecule has 25 heavy (non-hydrogen) atoms. The van der Waals surface area contributed by atoms with Gasteiger partial charge in [0.15, 0.2) is 5.82 Å². The van der Waals surface area contributed by atoms with Gasteiger partial charge in [-0.3, -0.25) is 5.10 Å². The fourth-order valence-electron chi connectivity index (χ4n) is 2.47. The van der Waals surface area contributed by atoms with Crippen LogP contribution in [0.5, 0.6) is 5.75 Å². The van der Waals surface area contributed by atoms with Gasteiger partial charge in [0.25, 0.3) is 0 Å². The van der Waals surface area contributed by atoms with Crippen LogP contribution in [0.1, 0.15) is 23.9 Å². The first-order valence-corrected chi connectivity index (χ1v) is 8.81. The molecule has 2 N–H and O–H groups in total. The maximum Gasteiger partial charge on any atom is 0.214 e. The lowest BCUT2D eigenvalue weighted by molar-refractivity contribution is 0.303. The molecule has 2 aromatic carbocycles. The van der Waals surface area contributed by atoms with E-state index in [1.54, 1.807) is 4.68 Å². The zero-order valence-corrected chi connectivity index (χ0v) is 15.4. The fourth-order valence-corrected chi connectivity index (χ4v) is 2.90. The van der Waals surface area contributed by atoms with Crippen LogP contribution in [-0.2, 0) is 19.6 Å². The molecule has 0 saturated carbocycles. The monoisotopic (exact) mass is 374 g/mol. The number of hydrogen-bond acceptors (Lipinski definition) is 4. The first-order chi connectivity index (χ1) is 12.2. The summed E-state index contributed by atoms with van der Waals surface area (Å²) in [5, 5.41) is 7.70. The van der Waals surface area contributed by atoms with Crippen LogP contribution in [0.15, 0.2) is 48.5 Å². The van der Waals surface area contributed by atoms with Crippen molar-refractivity contribution in [2.24, 2.45) is 0 Å². The second kappa shape index (κ2) is 8.18. The summed E-state index contributed by atoms with van der Waals surface area (Å²) >= 11 is 11.3. The first kappa shape index (κ1) is 17.5. The molecule has 3 rings (SSSR count). The van der Waals surface area contributed by atoms with Crippen molar-refractivity contribution in [2.75, 3.05) is 5.43 Å². The zero-order valence-electron chi connectivity index (χ0n) is 13.8. The normalized spacial score (nSPS) is 10.6. The smallest absolute Gasteiger partial charge is 0.214 e. The molecule has 0 aliphatic carbocycles. The molecule has 1 heterocycles. The van der Waals surface area contributed by atoms with Gasteiger partial charge in [0.05, 0.1) is 6.54 Å². The second-order valence-electron chi connectivity index (χ2n) is 5.50. The molecule has 0 fully saturated rings. The number of H-pyrrole nitrogens is 1. The third-order valence-electron chi connectivity index (χ3n) is 3.74. The molecule has 5 nitrogen and oxygen atoms in total. The largest absolute Gasteiger partial charge is 0.489 e. The van der Waals surface area contributed by atoms with E-state index in [1.165, 1.54) is 0 Å². The molecule has 0 atom stereocenters. The maximum atomic E-state index is 6.02. The summed E-state index contributed by atoms with van der Waals surface area (Å²) in [6, 6.07) is 15.6. The quantitative estimate of drug-likeness (QED) is 0.599. The van der Waals surface area contributed by atoms with Crippen molar-refractivity contribution in [3.8, 4) is 5.75 Å². The maximum absolute atomic E-state index is 6.02. The molecule has 0 unspecified atom stereocenters. The van der Waals surface area contributed by atoms with Crippen LogP contribution in [0.4, 0.5) is 0 Å². The summed E-state index contributed by atoms with van der Waals surface area (Å²) in [6.07, 6.45) is 0.785. The van der Waals surface area contributed by atoms with E-state index in [4.69, 9.17) is 28.6 Å². The Morgan fingerprint density at radius 1 is 1.24 bits per heavy atom. The summed E-state index contributed by atoms with van der Waals surface area (Å²) in [5.41, 5.74) is 5.36. The van der Waals surface area contributed by atoms with Crippen LogP contribution in [0.3, 0.4) is 0 Å². The molecular formula is C18H19ClN4OS. The van der Waals surface area contributed by atoms with E-state index in [1.807, 2.05) is 55.5 Å². The average molecular weight is 375 g/mol. The minimum atomic E-state index is 0.461. The lowest BCUT2D eigenvalue weighted by Gasteiger charge is -2.14. The third kappa shape index (κ3) is 4.41. The molecule has 0 amide bonds. The van der Waals surface area contributed by atoms with Gasteiger partial charge in [-0.05, 0) is 36.0 Å². The van der Waals surface area contributed by atoms with E-state index >= 15 is 0 Å². The van der Waals surface area contributed by atoms with Crippen molar-refractivity contribution in [1.29, 1.82) is 0 Å². The highest BCUT2D eigenvalue weighted by Crippen LogP contribution is 2.20. The van der Waals surface area contributed by atoms with Crippen LogP contribution in [0.25, 0.3) is 0 Å². The highest BCUT2D eigenvalue weighted by molar-refractivity contribution is 7.71. The summed E-state index contributed by atoms with van der Waals surface area (Å²) in [6.45, 7) is 3.07. The predicted molar refractivity (Wildman–Crippen MR) is 102 cm³/mol. The number of para-hydroxylation sites is 1. The van der Waals surface area contributed by atoms with Gasteiger partial charge in [-0.1, -0.05) is 48.9 Å². The van der Waals surface area contributed by atoms with Gasteiger partial charge in [0.1, 0.15) is 12.4 Å².